The summed E-state index contributed by atoms with van der Waals surface area (Å²) in [6, 6.07) is 25.3. The summed E-state index contributed by atoms with van der Waals surface area (Å²) in [5, 5.41) is 9.73. The predicted octanol–water partition coefficient (Wildman–Crippen LogP) is 7.96. The third kappa shape index (κ3) is 7.27. The summed E-state index contributed by atoms with van der Waals surface area (Å²) in [7, 11) is 3.28. The van der Waals surface area contributed by atoms with Gasteiger partial charge in [-0.15, -0.1) is 0 Å². The third-order valence-corrected chi connectivity index (χ3v) is 8.08. The molecule has 1 N–H and O–H groups in total. The third-order valence-electron chi connectivity index (χ3n) is 8.08. The van der Waals surface area contributed by atoms with Gasteiger partial charge in [0.25, 0.3) is 0 Å². The Morgan fingerprint density at radius 3 is 2.40 bits per heavy atom. The summed E-state index contributed by atoms with van der Waals surface area (Å²) in [4.78, 5) is 19.6. The molecular weight excluding hydrogens is 594 g/mol. The summed E-state index contributed by atoms with van der Waals surface area (Å²) >= 11 is 0. The van der Waals surface area contributed by atoms with E-state index in [0.29, 0.717) is 25.5 Å². The fourth-order valence-electron chi connectivity index (χ4n) is 5.85. The average Bonchev–Trinajstić information content (AvgIpc) is 3.48. The second-order valence-electron chi connectivity index (χ2n) is 12.6. The van der Waals surface area contributed by atoms with E-state index in [9.17, 15) is 4.79 Å². The van der Waals surface area contributed by atoms with Crippen LogP contribution in [0.15, 0.2) is 85.1 Å². The zero-order valence-corrected chi connectivity index (χ0v) is 27.5. The van der Waals surface area contributed by atoms with Gasteiger partial charge in [-0.25, -0.2) is 14.5 Å². The second kappa shape index (κ2) is 13.6. The SMILES string of the molecule is COc1ccc(CNc2nccc3c(C4CCCN(C(=O)OC(C)(C)C)C4)nn(-c4ccc(Oc5ccccc5)cc4)c23)c(OC)c1. The summed E-state index contributed by atoms with van der Waals surface area (Å²) in [5.74, 6) is 3.64. The molecule has 47 heavy (non-hydrogen) atoms. The monoisotopic (exact) mass is 635 g/mol. The number of methoxy groups -OCH3 is 2. The molecular formula is C37H41N5O5. The molecule has 1 saturated heterocycles. The molecule has 1 aliphatic rings. The van der Waals surface area contributed by atoms with Crippen molar-refractivity contribution in [1.82, 2.24) is 19.7 Å². The first-order chi connectivity index (χ1) is 22.7. The van der Waals surface area contributed by atoms with E-state index in [4.69, 9.17) is 29.0 Å². The van der Waals surface area contributed by atoms with Crippen molar-refractivity contribution in [3.05, 3.63) is 96.3 Å². The number of pyridine rings is 1. The van der Waals surface area contributed by atoms with E-state index in [1.54, 1.807) is 25.3 Å². The zero-order chi connectivity index (χ0) is 33.0. The lowest BCUT2D eigenvalue weighted by Gasteiger charge is -2.33. The van der Waals surface area contributed by atoms with E-state index in [1.807, 2.05) is 104 Å². The summed E-state index contributed by atoms with van der Waals surface area (Å²) in [6.07, 6.45) is 3.27. The van der Waals surface area contributed by atoms with Crippen LogP contribution in [0.4, 0.5) is 10.6 Å². The van der Waals surface area contributed by atoms with Crippen LogP contribution in [0.5, 0.6) is 23.0 Å². The molecule has 244 valence electrons. The number of hydrogen-bond acceptors (Lipinski definition) is 8. The van der Waals surface area contributed by atoms with Crippen molar-refractivity contribution < 1.29 is 23.7 Å². The Labute approximate surface area is 275 Å². The van der Waals surface area contributed by atoms with Gasteiger partial charge in [0.1, 0.15) is 34.1 Å². The molecule has 1 amide bonds. The number of piperidine rings is 1. The Kier molecular flexibility index (Phi) is 9.19. The maximum Gasteiger partial charge on any atom is 0.410 e. The Balaban J connectivity index is 1.36. The number of carbonyl (C=O) groups is 1. The minimum Gasteiger partial charge on any atom is -0.497 e. The van der Waals surface area contributed by atoms with Crippen LogP contribution < -0.4 is 19.5 Å². The van der Waals surface area contributed by atoms with Gasteiger partial charge in [-0.3, -0.25) is 0 Å². The highest BCUT2D eigenvalue weighted by Crippen LogP contribution is 2.36. The molecule has 1 atom stereocenters. The van der Waals surface area contributed by atoms with Crippen LogP contribution in [-0.2, 0) is 11.3 Å². The zero-order valence-electron chi connectivity index (χ0n) is 27.5. The topological polar surface area (TPSA) is 100.0 Å². The largest absolute Gasteiger partial charge is 0.497 e. The Bertz CT molecular complexity index is 1830. The van der Waals surface area contributed by atoms with Crippen molar-refractivity contribution in [3.63, 3.8) is 0 Å². The van der Waals surface area contributed by atoms with Gasteiger partial charge in [-0.05, 0) is 88.2 Å². The van der Waals surface area contributed by atoms with Crippen molar-refractivity contribution in [2.24, 2.45) is 0 Å². The molecule has 5 aromatic rings. The number of para-hydroxylation sites is 1. The molecule has 0 spiro atoms. The lowest BCUT2D eigenvalue weighted by atomic mass is 9.93. The van der Waals surface area contributed by atoms with Crippen molar-refractivity contribution in [2.75, 3.05) is 32.6 Å². The molecule has 3 heterocycles. The number of nitrogens with one attached hydrogen (secondary N) is 1. The van der Waals surface area contributed by atoms with Gasteiger partial charge in [0, 0.05) is 48.8 Å². The molecule has 6 rings (SSSR count). The van der Waals surface area contributed by atoms with Gasteiger partial charge in [-0.2, -0.15) is 5.10 Å². The quantitative estimate of drug-likeness (QED) is 0.174. The summed E-state index contributed by atoms with van der Waals surface area (Å²) < 4.78 is 24.7. The number of ether oxygens (including phenoxy) is 4. The van der Waals surface area contributed by atoms with Crippen molar-refractivity contribution >= 4 is 22.8 Å². The fourth-order valence-corrected chi connectivity index (χ4v) is 5.85. The molecule has 0 aliphatic carbocycles. The number of carbonyl (C=O) groups excluding carboxylic acids is 1. The number of rotatable bonds is 9. The maximum absolute atomic E-state index is 13.0. The Morgan fingerprint density at radius 2 is 1.68 bits per heavy atom. The number of fused-ring (bicyclic) bond motifs is 1. The van der Waals surface area contributed by atoms with Crippen LogP contribution in [0.25, 0.3) is 16.6 Å². The minimum atomic E-state index is -0.562. The van der Waals surface area contributed by atoms with Crippen molar-refractivity contribution in [1.29, 1.82) is 0 Å². The van der Waals surface area contributed by atoms with Gasteiger partial charge < -0.3 is 29.2 Å². The van der Waals surface area contributed by atoms with Gasteiger partial charge >= 0.3 is 6.09 Å². The molecule has 1 unspecified atom stereocenters. The van der Waals surface area contributed by atoms with Crippen LogP contribution in [0, 0.1) is 0 Å². The number of nitrogens with zero attached hydrogens (tertiary/aromatic N) is 4. The molecule has 0 bridgehead atoms. The van der Waals surface area contributed by atoms with E-state index in [0.717, 1.165) is 63.7 Å². The standard InChI is InChI=1S/C37H41N5O5/c1-37(2,3)47-36(43)41-21-9-10-26(24-41)33-31-19-20-38-35(39-23-25-13-16-30(44-4)22-32(25)45-5)34(31)42(40-33)27-14-17-29(18-15-27)46-28-11-7-6-8-12-28/h6-8,11-20,22,26H,9-10,21,23-24H2,1-5H3,(H,38,39). The van der Waals surface area contributed by atoms with Gasteiger partial charge in [0.05, 0.1) is 25.6 Å². The van der Waals surface area contributed by atoms with Gasteiger partial charge in [0.2, 0.25) is 0 Å². The van der Waals surface area contributed by atoms with Crippen LogP contribution >= 0.6 is 0 Å². The number of likely N-dealkylation sites (tertiary alicyclic amines) is 1. The first-order valence-corrected chi connectivity index (χ1v) is 15.9. The first-order valence-electron chi connectivity index (χ1n) is 15.9. The molecule has 10 heteroatoms. The van der Waals surface area contributed by atoms with E-state index in [2.05, 4.69) is 5.32 Å². The van der Waals surface area contributed by atoms with Crippen LogP contribution in [0.2, 0.25) is 0 Å². The molecule has 3 aromatic carbocycles. The number of hydrogen-bond donors (Lipinski definition) is 1. The molecule has 1 fully saturated rings. The molecule has 1 aliphatic heterocycles. The average molecular weight is 636 g/mol. The first kappa shape index (κ1) is 31.7. The molecule has 0 saturated carbocycles. The van der Waals surface area contributed by atoms with Crippen molar-refractivity contribution in [2.45, 2.75) is 51.7 Å². The number of aromatic nitrogens is 3. The van der Waals surface area contributed by atoms with Gasteiger partial charge in [0.15, 0.2) is 5.82 Å². The highest BCUT2D eigenvalue weighted by molar-refractivity contribution is 5.92. The molecule has 10 nitrogen and oxygen atoms in total. The lowest BCUT2D eigenvalue weighted by Crippen LogP contribution is -2.42. The predicted molar refractivity (Wildman–Crippen MR) is 182 cm³/mol. The van der Waals surface area contributed by atoms with Crippen LogP contribution in [-0.4, -0.2) is 58.7 Å². The van der Waals surface area contributed by atoms with Crippen molar-refractivity contribution in [3.8, 4) is 28.7 Å². The highest BCUT2D eigenvalue weighted by Gasteiger charge is 2.31. The van der Waals surface area contributed by atoms with E-state index < -0.39 is 5.60 Å². The molecule has 2 aromatic heterocycles. The number of amides is 1. The van der Waals surface area contributed by atoms with E-state index in [1.165, 1.54) is 0 Å². The normalized spacial score (nSPS) is 14.9. The highest BCUT2D eigenvalue weighted by atomic mass is 16.6. The maximum atomic E-state index is 13.0. The Morgan fingerprint density at radius 1 is 0.936 bits per heavy atom. The summed E-state index contributed by atoms with van der Waals surface area (Å²) in [6.45, 7) is 7.33. The number of benzene rings is 3. The smallest absolute Gasteiger partial charge is 0.410 e. The minimum absolute atomic E-state index is 0.0256. The Hall–Kier alpha value is -5.25. The second-order valence-corrected chi connectivity index (χ2v) is 12.6. The molecule has 0 radical (unpaired) electrons. The van der Waals surface area contributed by atoms with E-state index >= 15 is 0 Å². The van der Waals surface area contributed by atoms with Crippen LogP contribution in [0.3, 0.4) is 0 Å². The summed E-state index contributed by atoms with van der Waals surface area (Å²) in [5.41, 5.74) is 3.03. The number of anilines is 1. The van der Waals surface area contributed by atoms with Crippen LogP contribution in [0.1, 0.15) is 50.8 Å². The van der Waals surface area contributed by atoms with Gasteiger partial charge in [-0.1, -0.05) is 18.2 Å². The van der Waals surface area contributed by atoms with E-state index in [-0.39, 0.29) is 12.0 Å². The fraction of sp³-hybridized carbons (Fsp3) is 0.324. The lowest BCUT2D eigenvalue weighted by molar-refractivity contribution is 0.0197.